The molecule has 0 aliphatic carbocycles. The summed E-state index contributed by atoms with van der Waals surface area (Å²) in [4.78, 5) is 1.50. The SMILES string of the molecule is Cc1ccsc1C1(CC(C)(C)CN)COC1. The third-order valence-electron chi connectivity index (χ3n) is 3.47. The van der Waals surface area contributed by atoms with Crippen molar-refractivity contribution >= 4 is 11.3 Å². The molecule has 0 spiro atoms. The molecular weight excluding hydrogens is 218 g/mol. The highest BCUT2D eigenvalue weighted by molar-refractivity contribution is 7.10. The van der Waals surface area contributed by atoms with Crippen molar-refractivity contribution in [3.63, 3.8) is 0 Å². The Hall–Kier alpha value is -0.380. The minimum absolute atomic E-state index is 0.195. The number of rotatable bonds is 4. The van der Waals surface area contributed by atoms with Crippen LogP contribution >= 0.6 is 11.3 Å². The van der Waals surface area contributed by atoms with Gasteiger partial charge >= 0.3 is 0 Å². The lowest BCUT2D eigenvalue weighted by atomic mass is 9.70. The minimum atomic E-state index is 0.195. The Morgan fingerprint density at radius 1 is 1.50 bits per heavy atom. The normalized spacial score (nSPS) is 19.5. The van der Waals surface area contributed by atoms with E-state index in [2.05, 4.69) is 32.2 Å². The molecule has 1 aliphatic heterocycles. The van der Waals surface area contributed by atoms with Crippen LogP contribution in [0.4, 0.5) is 0 Å². The molecular formula is C13H21NOS. The second kappa shape index (κ2) is 4.13. The Morgan fingerprint density at radius 2 is 2.19 bits per heavy atom. The van der Waals surface area contributed by atoms with E-state index in [1.807, 2.05) is 11.3 Å². The first kappa shape index (κ1) is 12.1. The van der Waals surface area contributed by atoms with Crippen LogP contribution in [0.25, 0.3) is 0 Å². The van der Waals surface area contributed by atoms with Crippen molar-refractivity contribution in [2.24, 2.45) is 11.1 Å². The summed E-state index contributed by atoms with van der Waals surface area (Å²) < 4.78 is 5.47. The summed E-state index contributed by atoms with van der Waals surface area (Å²) >= 11 is 1.86. The van der Waals surface area contributed by atoms with Crippen LogP contribution < -0.4 is 5.73 Å². The van der Waals surface area contributed by atoms with Gasteiger partial charge in [0.2, 0.25) is 0 Å². The van der Waals surface area contributed by atoms with Gasteiger partial charge in [0.15, 0.2) is 0 Å². The monoisotopic (exact) mass is 239 g/mol. The van der Waals surface area contributed by atoms with E-state index in [-0.39, 0.29) is 10.8 Å². The Kier molecular flexibility index (Phi) is 3.12. The maximum atomic E-state index is 5.85. The van der Waals surface area contributed by atoms with E-state index >= 15 is 0 Å². The Labute approximate surface area is 102 Å². The summed E-state index contributed by atoms with van der Waals surface area (Å²) in [6, 6.07) is 2.20. The molecule has 16 heavy (non-hydrogen) atoms. The van der Waals surface area contributed by atoms with Crippen molar-refractivity contribution in [1.82, 2.24) is 0 Å². The number of hydrogen-bond acceptors (Lipinski definition) is 3. The second-order valence-corrected chi connectivity index (χ2v) is 6.67. The molecule has 2 N–H and O–H groups in total. The molecule has 1 aromatic rings. The van der Waals surface area contributed by atoms with Crippen molar-refractivity contribution in [1.29, 1.82) is 0 Å². The van der Waals surface area contributed by atoms with Gasteiger partial charge in [-0.3, -0.25) is 0 Å². The number of nitrogens with two attached hydrogens (primary N) is 1. The molecule has 0 unspecified atom stereocenters. The fourth-order valence-corrected chi connectivity index (χ4v) is 3.67. The molecule has 0 amide bonds. The Balaban J connectivity index is 2.24. The van der Waals surface area contributed by atoms with Gasteiger partial charge in [-0.05, 0) is 42.3 Å². The molecule has 1 fully saturated rings. The van der Waals surface area contributed by atoms with Crippen molar-refractivity contribution in [2.45, 2.75) is 32.6 Å². The quantitative estimate of drug-likeness (QED) is 0.877. The van der Waals surface area contributed by atoms with E-state index in [0.29, 0.717) is 0 Å². The standard InChI is InChI=1S/C13H21NOS/c1-10-4-5-16-11(10)13(8-15-9-13)6-12(2,3)7-14/h4-5H,6-9,14H2,1-3H3. The van der Waals surface area contributed by atoms with Gasteiger partial charge in [-0.25, -0.2) is 0 Å². The number of ether oxygens (including phenoxy) is 1. The lowest BCUT2D eigenvalue weighted by molar-refractivity contribution is -0.0770. The molecule has 2 heterocycles. The molecule has 0 aromatic carbocycles. The van der Waals surface area contributed by atoms with Gasteiger partial charge in [0.25, 0.3) is 0 Å². The highest BCUT2D eigenvalue weighted by atomic mass is 32.1. The minimum Gasteiger partial charge on any atom is -0.379 e. The third-order valence-corrected chi connectivity index (χ3v) is 4.73. The van der Waals surface area contributed by atoms with Crippen molar-refractivity contribution in [3.05, 3.63) is 21.9 Å². The molecule has 3 heteroatoms. The van der Waals surface area contributed by atoms with Crippen molar-refractivity contribution in [3.8, 4) is 0 Å². The van der Waals surface area contributed by atoms with Crippen LogP contribution in [0.2, 0.25) is 0 Å². The van der Waals surface area contributed by atoms with Gasteiger partial charge in [-0.1, -0.05) is 13.8 Å². The summed E-state index contributed by atoms with van der Waals surface area (Å²) in [7, 11) is 0. The predicted molar refractivity (Wildman–Crippen MR) is 69.0 cm³/mol. The van der Waals surface area contributed by atoms with Crippen LogP contribution in [0.3, 0.4) is 0 Å². The summed E-state index contributed by atoms with van der Waals surface area (Å²) in [5.41, 5.74) is 7.68. The fraction of sp³-hybridized carbons (Fsp3) is 0.692. The average molecular weight is 239 g/mol. The topological polar surface area (TPSA) is 35.2 Å². The molecule has 2 rings (SSSR count). The van der Waals surface area contributed by atoms with E-state index in [1.165, 1.54) is 10.4 Å². The van der Waals surface area contributed by atoms with E-state index < -0.39 is 0 Å². The lowest BCUT2D eigenvalue weighted by Crippen LogP contribution is -2.50. The molecule has 0 saturated carbocycles. The van der Waals surface area contributed by atoms with Crippen LogP contribution in [0.15, 0.2) is 11.4 Å². The lowest BCUT2D eigenvalue weighted by Gasteiger charge is -2.45. The van der Waals surface area contributed by atoms with E-state index in [4.69, 9.17) is 10.5 Å². The van der Waals surface area contributed by atoms with Crippen molar-refractivity contribution < 1.29 is 4.74 Å². The molecule has 0 atom stereocenters. The Bertz CT molecular complexity index is 366. The van der Waals surface area contributed by atoms with Gasteiger partial charge < -0.3 is 10.5 Å². The van der Waals surface area contributed by atoms with Gasteiger partial charge in [-0.15, -0.1) is 11.3 Å². The molecule has 2 nitrogen and oxygen atoms in total. The maximum Gasteiger partial charge on any atom is 0.0593 e. The van der Waals surface area contributed by atoms with E-state index in [0.717, 1.165) is 26.2 Å². The van der Waals surface area contributed by atoms with E-state index in [1.54, 1.807) is 0 Å². The maximum absolute atomic E-state index is 5.85. The van der Waals surface area contributed by atoms with Gasteiger partial charge in [-0.2, -0.15) is 0 Å². The first-order valence-corrected chi connectivity index (χ1v) is 6.69. The van der Waals surface area contributed by atoms with Crippen molar-refractivity contribution in [2.75, 3.05) is 19.8 Å². The highest BCUT2D eigenvalue weighted by Gasteiger charge is 2.45. The predicted octanol–water partition coefficient (Wildman–Crippen LogP) is 2.70. The molecule has 1 aliphatic rings. The zero-order valence-electron chi connectivity index (χ0n) is 10.4. The molecule has 0 radical (unpaired) electrons. The second-order valence-electron chi connectivity index (χ2n) is 5.75. The fourth-order valence-electron chi connectivity index (χ4n) is 2.57. The summed E-state index contributed by atoms with van der Waals surface area (Å²) in [6.07, 6.45) is 1.12. The summed E-state index contributed by atoms with van der Waals surface area (Å²) in [6.45, 7) is 9.14. The third kappa shape index (κ3) is 2.04. The molecule has 90 valence electrons. The largest absolute Gasteiger partial charge is 0.379 e. The molecule has 1 saturated heterocycles. The zero-order chi connectivity index (χ0) is 11.8. The average Bonchev–Trinajstić information content (AvgIpc) is 2.59. The summed E-state index contributed by atoms with van der Waals surface area (Å²) in [5.74, 6) is 0. The van der Waals surface area contributed by atoms with Crippen LogP contribution in [-0.4, -0.2) is 19.8 Å². The number of hydrogen-bond donors (Lipinski definition) is 1. The first-order valence-electron chi connectivity index (χ1n) is 5.82. The van der Waals surface area contributed by atoms with Crippen LogP contribution in [0.5, 0.6) is 0 Å². The van der Waals surface area contributed by atoms with Gasteiger partial charge in [0.1, 0.15) is 0 Å². The van der Waals surface area contributed by atoms with E-state index in [9.17, 15) is 0 Å². The summed E-state index contributed by atoms with van der Waals surface area (Å²) in [5, 5.41) is 2.18. The van der Waals surface area contributed by atoms with Gasteiger partial charge in [0.05, 0.1) is 18.6 Å². The number of thiophene rings is 1. The van der Waals surface area contributed by atoms with Crippen LogP contribution in [-0.2, 0) is 10.2 Å². The zero-order valence-corrected chi connectivity index (χ0v) is 11.2. The molecule has 1 aromatic heterocycles. The first-order chi connectivity index (χ1) is 7.49. The van der Waals surface area contributed by atoms with Gasteiger partial charge in [0, 0.05) is 4.88 Å². The van der Waals surface area contributed by atoms with Crippen LogP contribution in [0.1, 0.15) is 30.7 Å². The smallest absolute Gasteiger partial charge is 0.0593 e. The van der Waals surface area contributed by atoms with Crippen LogP contribution in [0, 0.1) is 12.3 Å². The molecule has 0 bridgehead atoms. The Morgan fingerprint density at radius 3 is 2.56 bits per heavy atom. The number of aryl methyl sites for hydroxylation is 1. The highest BCUT2D eigenvalue weighted by Crippen LogP contribution is 2.45.